The van der Waals surface area contributed by atoms with Crippen molar-refractivity contribution in [2.45, 2.75) is 6.42 Å². The van der Waals surface area contributed by atoms with E-state index in [0.29, 0.717) is 17.9 Å². The molecule has 0 bridgehead atoms. The predicted molar refractivity (Wildman–Crippen MR) is 96.4 cm³/mol. The molecule has 0 heterocycles. The first-order valence-electron chi connectivity index (χ1n) is 7.43. The molecule has 120 valence electrons. The van der Waals surface area contributed by atoms with E-state index in [0.717, 1.165) is 29.9 Å². The fourth-order valence-electron chi connectivity index (χ4n) is 2.01. The SMILES string of the molecule is N=C(N)c1ccc(N=C(N)c2ccc(NCCCN)cc2)cc1. The fourth-order valence-corrected chi connectivity index (χ4v) is 2.01. The Morgan fingerprint density at radius 2 is 1.57 bits per heavy atom. The van der Waals surface area contributed by atoms with Crippen LogP contribution in [-0.2, 0) is 0 Å². The Labute approximate surface area is 135 Å². The molecule has 0 unspecified atom stereocenters. The topological polar surface area (TPSA) is 126 Å². The molecule has 0 aliphatic carbocycles. The molecule has 8 N–H and O–H groups in total. The molecule has 0 aliphatic heterocycles. The maximum Gasteiger partial charge on any atom is 0.131 e. The van der Waals surface area contributed by atoms with Gasteiger partial charge in [0, 0.05) is 23.4 Å². The second-order valence-corrected chi connectivity index (χ2v) is 5.10. The summed E-state index contributed by atoms with van der Waals surface area (Å²) in [4.78, 5) is 4.38. The van der Waals surface area contributed by atoms with Crippen LogP contribution in [-0.4, -0.2) is 24.8 Å². The van der Waals surface area contributed by atoms with E-state index >= 15 is 0 Å². The summed E-state index contributed by atoms with van der Waals surface area (Å²) in [5, 5.41) is 10.7. The van der Waals surface area contributed by atoms with Crippen molar-refractivity contribution >= 4 is 23.0 Å². The highest BCUT2D eigenvalue weighted by Crippen LogP contribution is 2.15. The van der Waals surface area contributed by atoms with Crippen LogP contribution < -0.4 is 22.5 Å². The lowest BCUT2D eigenvalue weighted by atomic mass is 10.1. The average molecular weight is 310 g/mol. The second kappa shape index (κ2) is 7.95. The molecule has 2 rings (SSSR count). The molecule has 2 aromatic carbocycles. The Morgan fingerprint density at radius 3 is 2.13 bits per heavy atom. The summed E-state index contributed by atoms with van der Waals surface area (Å²) in [6, 6.07) is 14.8. The Morgan fingerprint density at radius 1 is 0.957 bits per heavy atom. The zero-order valence-electron chi connectivity index (χ0n) is 12.9. The zero-order chi connectivity index (χ0) is 16.7. The lowest BCUT2D eigenvalue weighted by Gasteiger charge is -2.07. The average Bonchev–Trinajstić information content (AvgIpc) is 2.56. The van der Waals surface area contributed by atoms with Gasteiger partial charge in [0.15, 0.2) is 0 Å². The van der Waals surface area contributed by atoms with Crippen LogP contribution in [0.4, 0.5) is 11.4 Å². The van der Waals surface area contributed by atoms with Gasteiger partial charge in [0.25, 0.3) is 0 Å². The summed E-state index contributed by atoms with van der Waals surface area (Å²) in [5.41, 5.74) is 20.2. The van der Waals surface area contributed by atoms with Crippen molar-refractivity contribution in [2.75, 3.05) is 18.4 Å². The van der Waals surface area contributed by atoms with Crippen LogP contribution in [0.25, 0.3) is 0 Å². The van der Waals surface area contributed by atoms with E-state index in [4.69, 9.17) is 22.6 Å². The molecule has 0 radical (unpaired) electrons. The third-order valence-electron chi connectivity index (χ3n) is 3.32. The van der Waals surface area contributed by atoms with Gasteiger partial charge in [-0.15, -0.1) is 0 Å². The summed E-state index contributed by atoms with van der Waals surface area (Å²) < 4.78 is 0. The summed E-state index contributed by atoms with van der Waals surface area (Å²) in [7, 11) is 0. The number of benzene rings is 2. The molecule has 0 saturated heterocycles. The van der Waals surface area contributed by atoms with Crippen LogP contribution in [0.2, 0.25) is 0 Å². The molecule has 0 saturated carbocycles. The first-order valence-corrected chi connectivity index (χ1v) is 7.43. The minimum Gasteiger partial charge on any atom is -0.385 e. The van der Waals surface area contributed by atoms with E-state index in [1.54, 1.807) is 24.3 Å². The highest BCUT2D eigenvalue weighted by molar-refractivity contribution is 5.99. The van der Waals surface area contributed by atoms with Gasteiger partial charge in [0.05, 0.1) is 5.69 Å². The van der Waals surface area contributed by atoms with Gasteiger partial charge in [0.2, 0.25) is 0 Å². The highest BCUT2D eigenvalue weighted by Gasteiger charge is 2.01. The van der Waals surface area contributed by atoms with Crippen LogP contribution in [0.15, 0.2) is 53.5 Å². The molecule has 23 heavy (non-hydrogen) atoms. The van der Waals surface area contributed by atoms with E-state index in [9.17, 15) is 0 Å². The smallest absolute Gasteiger partial charge is 0.131 e. The Hall–Kier alpha value is -2.86. The van der Waals surface area contributed by atoms with Crippen molar-refractivity contribution in [3.05, 3.63) is 59.7 Å². The minimum atomic E-state index is 0.0335. The Balaban J connectivity index is 2.06. The van der Waals surface area contributed by atoms with E-state index < -0.39 is 0 Å². The summed E-state index contributed by atoms with van der Waals surface area (Å²) in [6.45, 7) is 1.52. The van der Waals surface area contributed by atoms with E-state index in [1.165, 1.54) is 0 Å². The molecule has 0 amide bonds. The Bertz CT molecular complexity index is 673. The van der Waals surface area contributed by atoms with E-state index in [2.05, 4.69) is 10.3 Å². The van der Waals surface area contributed by atoms with Crippen molar-refractivity contribution < 1.29 is 0 Å². The number of amidine groups is 2. The molecular formula is C17H22N6. The zero-order valence-corrected chi connectivity index (χ0v) is 12.9. The van der Waals surface area contributed by atoms with Crippen LogP contribution in [0, 0.1) is 5.41 Å². The molecule has 0 aromatic heterocycles. The molecule has 0 spiro atoms. The summed E-state index contributed by atoms with van der Waals surface area (Å²) in [6.07, 6.45) is 0.932. The molecule has 0 fully saturated rings. The number of aliphatic imine (C=N–C) groups is 1. The third kappa shape index (κ3) is 4.82. The van der Waals surface area contributed by atoms with Gasteiger partial charge in [-0.1, -0.05) is 0 Å². The van der Waals surface area contributed by atoms with Crippen molar-refractivity contribution in [3.8, 4) is 0 Å². The minimum absolute atomic E-state index is 0.0335. The van der Waals surface area contributed by atoms with Crippen LogP contribution in [0.3, 0.4) is 0 Å². The molecular weight excluding hydrogens is 288 g/mol. The maximum absolute atomic E-state index is 7.37. The predicted octanol–water partition coefficient (Wildman–Crippen LogP) is 1.77. The van der Waals surface area contributed by atoms with Gasteiger partial charge in [-0.05, 0) is 61.5 Å². The quantitative estimate of drug-likeness (QED) is 0.303. The Kier molecular flexibility index (Phi) is 5.71. The van der Waals surface area contributed by atoms with E-state index in [1.807, 2.05) is 24.3 Å². The number of rotatable bonds is 7. The molecule has 0 aliphatic rings. The molecule has 2 aromatic rings. The number of anilines is 1. The number of nitrogens with two attached hydrogens (primary N) is 3. The molecule has 6 nitrogen and oxygen atoms in total. The number of nitrogens with zero attached hydrogens (tertiary/aromatic N) is 1. The van der Waals surface area contributed by atoms with Crippen molar-refractivity contribution in [2.24, 2.45) is 22.2 Å². The second-order valence-electron chi connectivity index (χ2n) is 5.10. The number of hydrogen-bond donors (Lipinski definition) is 5. The third-order valence-corrected chi connectivity index (χ3v) is 3.32. The van der Waals surface area contributed by atoms with Gasteiger partial charge >= 0.3 is 0 Å². The van der Waals surface area contributed by atoms with E-state index in [-0.39, 0.29) is 5.84 Å². The van der Waals surface area contributed by atoms with Crippen molar-refractivity contribution in [1.29, 1.82) is 5.41 Å². The largest absolute Gasteiger partial charge is 0.385 e. The number of nitrogen functional groups attached to an aromatic ring is 1. The van der Waals surface area contributed by atoms with Crippen LogP contribution >= 0.6 is 0 Å². The lowest BCUT2D eigenvalue weighted by molar-refractivity contribution is 0.874. The highest BCUT2D eigenvalue weighted by atomic mass is 14.9. The van der Waals surface area contributed by atoms with Crippen molar-refractivity contribution in [1.82, 2.24) is 0 Å². The van der Waals surface area contributed by atoms with Gasteiger partial charge in [-0.25, -0.2) is 4.99 Å². The fraction of sp³-hybridized carbons (Fsp3) is 0.176. The van der Waals surface area contributed by atoms with Gasteiger partial charge in [0.1, 0.15) is 11.7 Å². The lowest BCUT2D eigenvalue weighted by Crippen LogP contribution is -2.13. The van der Waals surface area contributed by atoms with Crippen molar-refractivity contribution in [3.63, 3.8) is 0 Å². The van der Waals surface area contributed by atoms with Gasteiger partial charge in [-0.2, -0.15) is 0 Å². The summed E-state index contributed by atoms with van der Waals surface area (Å²) >= 11 is 0. The van der Waals surface area contributed by atoms with Crippen LogP contribution in [0.5, 0.6) is 0 Å². The monoisotopic (exact) mass is 310 g/mol. The van der Waals surface area contributed by atoms with Gasteiger partial charge < -0.3 is 22.5 Å². The number of nitrogens with one attached hydrogen (secondary N) is 2. The molecule has 0 atom stereocenters. The first kappa shape index (κ1) is 16.5. The van der Waals surface area contributed by atoms with Gasteiger partial charge in [-0.3, -0.25) is 5.41 Å². The normalized spacial score (nSPS) is 11.3. The maximum atomic E-state index is 7.37. The first-order chi connectivity index (χ1) is 11.1. The number of hydrogen-bond acceptors (Lipinski definition) is 4. The van der Waals surface area contributed by atoms with Crippen LogP contribution in [0.1, 0.15) is 17.5 Å². The summed E-state index contributed by atoms with van der Waals surface area (Å²) in [5.74, 6) is 0.473. The molecule has 6 heteroatoms. The standard InChI is InChI=1S/C17H22N6/c18-10-1-11-22-14-6-4-13(5-7-14)17(21)23-15-8-2-12(3-9-15)16(19)20/h2-9,22H,1,10-11,18H2,(H3,19,20)(H2,21,23).